The zero-order valence-electron chi connectivity index (χ0n) is 40.0. The molecule has 73 heavy (non-hydrogen) atoms. The van der Waals surface area contributed by atoms with Crippen molar-refractivity contribution in [3.8, 4) is 39.1 Å². The Hall–Kier alpha value is -9.70. The van der Waals surface area contributed by atoms with Crippen LogP contribution in [0.15, 0.2) is 285 Å². The van der Waals surface area contributed by atoms with Gasteiger partial charge in [-0.2, -0.15) is 0 Å². The van der Waals surface area contributed by atoms with Gasteiger partial charge in [0, 0.05) is 50.6 Å². The highest BCUT2D eigenvalue weighted by atomic mass is 15.1. The SMILES string of the molecule is c1ccc(-c2ccc(N(c3ccc(-c4ccc(N(c5ccccc5)c5ccccc5)cc4)cc3)c3ccc(-c4ccc5c(c4)c4c6ccc7cccc8ccc(cc4n5-c4ccccc4)c6c87)cc3)cc2)cc1. The molecule has 1 heterocycles. The maximum Gasteiger partial charge on any atom is 0.0553 e. The number of hydrogen-bond acceptors (Lipinski definition) is 2. The van der Waals surface area contributed by atoms with Crippen LogP contribution in [0.1, 0.15) is 0 Å². The van der Waals surface area contributed by atoms with Gasteiger partial charge in [-0.15, -0.1) is 0 Å². The Kier molecular flexibility index (Phi) is 10.2. The van der Waals surface area contributed by atoms with Gasteiger partial charge in [-0.3, -0.25) is 0 Å². The van der Waals surface area contributed by atoms with E-state index in [-0.39, 0.29) is 0 Å². The third-order valence-corrected chi connectivity index (χ3v) is 14.7. The van der Waals surface area contributed by atoms with E-state index >= 15 is 0 Å². The summed E-state index contributed by atoms with van der Waals surface area (Å²) in [6.45, 7) is 0. The molecule has 0 atom stereocenters. The molecule has 0 bridgehead atoms. The number of fused-ring (bicyclic) bond motifs is 4. The molecule has 13 aromatic carbocycles. The lowest BCUT2D eigenvalue weighted by molar-refractivity contribution is 1.18. The van der Waals surface area contributed by atoms with Crippen LogP contribution in [0.4, 0.5) is 34.1 Å². The summed E-state index contributed by atoms with van der Waals surface area (Å²) >= 11 is 0. The summed E-state index contributed by atoms with van der Waals surface area (Å²) in [6, 6.07) is 104. The van der Waals surface area contributed by atoms with E-state index in [4.69, 9.17) is 0 Å². The van der Waals surface area contributed by atoms with Crippen LogP contribution in [-0.2, 0) is 0 Å². The molecule has 0 saturated heterocycles. The van der Waals surface area contributed by atoms with Gasteiger partial charge in [-0.1, -0.05) is 182 Å². The van der Waals surface area contributed by atoms with Crippen molar-refractivity contribution in [1.29, 1.82) is 0 Å². The molecular formula is C70H47N3. The summed E-state index contributed by atoms with van der Waals surface area (Å²) in [5, 5.41) is 10.3. The first-order chi connectivity index (χ1) is 36.2. The molecule has 0 fully saturated rings. The van der Waals surface area contributed by atoms with Crippen LogP contribution >= 0.6 is 0 Å². The van der Waals surface area contributed by atoms with Crippen LogP contribution in [0.3, 0.4) is 0 Å². The molecule has 0 aliphatic heterocycles. The van der Waals surface area contributed by atoms with E-state index in [1.165, 1.54) is 76.4 Å². The Bertz CT molecular complexity index is 4190. The molecule has 0 unspecified atom stereocenters. The maximum absolute atomic E-state index is 2.44. The number of hydrogen-bond donors (Lipinski definition) is 0. The highest BCUT2D eigenvalue weighted by Gasteiger charge is 2.20. The lowest BCUT2D eigenvalue weighted by atomic mass is 9.91. The van der Waals surface area contributed by atoms with Crippen molar-refractivity contribution in [1.82, 2.24) is 4.57 Å². The largest absolute Gasteiger partial charge is 0.311 e. The van der Waals surface area contributed by atoms with Gasteiger partial charge in [0.2, 0.25) is 0 Å². The van der Waals surface area contributed by atoms with Gasteiger partial charge in [0.1, 0.15) is 0 Å². The monoisotopic (exact) mass is 929 g/mol. The van der Waals surface area contributed by atoms with E-state index in [2.05, 4.69) is 299 Å². The maximum atomic E-state index is 2.44. The van der Waals surface area contributed by atoms with Gasteiger partial charge >= 0.3 is 0 Å². The first-order valence-electron chi connectivity index (χ1n) is 25.1. The zero-order valence-corrected chi connectivity index (χ0v) is 40.0. The second-order valence-electron chi connectivity index (χ2n) is 18.9. The van der Waals surface area contributed by atoms with Crippen molar-refractivity contribution in [3.63, 3.8) is 0 Å². The molecule has 0 spiro atoms. The molecular weight excluding hydrogens is 883 g/mol. The zero-order chi connectivity index (χ0) is 48.2. The number of benzene rings is 13. The second-order valence-corrected chi connectivity index (χ2v) is 18.9. The lowest BCUT2D eigenvalue weighted by Gasteiger charge is -2.26. The minimum atomic E-state index is 1.08. The van der Waals surface area contributed by atoms with Crippen LogP contribution in [0.2, 0.25) is 0 Å². The van der Waals surface area contributed by atoms with Gasteiger partial charge in [-0.05, 0) is 169 Å². The Labute approximate surface area is 424 Å². The molecule has 0 aliphatic rings. The second kappa shape index (κ2) is 17.6. The summed E-state index contributed by atoms with van der Waals surface area (Å²) in [6.07, 6.45) is 0. The molecule has 0 amide bonds. The third kappa shape index (κ3) is 7.37. The van der Waals surface area contributed by atoms with Crippen LogP contribution in [-0.4, -0.2) is 4.57 Å². The predicted molar refractivity (Wildman–Crippen MR) is 310 cm³/mol. The number of nitrogens with zero attached hydrogens (tertiary/aromatic N) is 3. The van der Waals surface area contributed by atoms with Crippen molar-refractivity contribution in [2.45, 2.75) is 0 Å². The summed E-state index contributed by atoms with van der Waals surface area (Å²) in [4.78, 5) is 4.66. The summed E-state index contributed by atoms with van der Waals surface area (Å²) < 4.78 is 2.44. The Morgan fingerprint density at radius 3 is 1.12 bits per heavy atom. The fourth-order valence-electron chi connectivity index (χ4n) is 11.2. The number of para-hydroxylation sites is 3. The quantitative estimate of drug-likeness (QED) is 0.127. The minimum absolute atomic E-state index is 1.08. The van der Waals surface area contributed by atoms with E-state index in [0.29, 0.717) is 0 Å². The van der Waals surface area contributed by atoms with Crippen LogP contribution in [0, 0.1) is 0 Å². The van der Waals surface area contributed by atoms with Crippen molar-refractivity contribution in [2.24, 2.45) is 0 Å². The predicted octanol–water partition coefficient (Wildman–Crippen LogP) is 19.6. The fourth-order valence-corrected chi connectivity index (χ4v) is 11.2. The number of rotatable bonds is 10. The van der Waals surface area contributed by atoms with Crippen LogP contribution in [0.25, 0.3) is 93.2 Å². The highest BCUT2D eigenvalue weighted by Crippen LogP contribution is 2.45. The molecule has 342 valence electrons. The van der Waals surface area contributed by atoms with E-state index in [1.54, 1.807) is 0 Å². The normalized spacial score (nSPS) is 11.6. The molecule has 3 nitrogen and oxygen atoms in total. The molecule has 14 aromatic rings. The standard InChI is InChI=1S/C70H47N3/c1-5-14-48(15-6-1)49-26-36-61(37-27-49)72(62-40-30-51(31-41-62)50-28-38-60(39-29-50)71(57-18-7-2-8-19-57)58-20-9-3-10-21-58)63-42-32-52(33-43-63)55-35-45-66-65(46-55)70-64-44-34-54-17-13-16-53-24-25-56(69(64)68(53)54)47-67(70)73(66)59-22-11-4-12-23-59/h1-47H. The number of anilines is 6. The number of aromatic nitrogens is 1. The van der Waals surface area contributed by atoms with Crippen molar-refractivity contribution >= 4 is 88.2 Å². The van der Waals surface area contributed by atoms with Crippen LogP contribution < -0.4 is 9.80 Å². The van der Waals surface area contributed by atoms with Crippen LogP contribution in [0.5, 0.6) is 0 Å². The van der Waals surface area contributed by atoms with E-state index in [1.807, 2.05) is 0 Å². The Balaban J connectivity index is 0.843. The third-order valence-electron chi connectivity index (χ3n) is 14.7. The first-order valence-corrected chi connectivity index (χ1v) is 25.1. The van der Waals surface area contributed by atoms with E-state index in [0.717, 1.165) is 50.9 Å². The molecule has 14 rings (SSSR count). The minimum Gasteiger partial charge on any atom is -0.311 e. The molecule has 1 aromatic heterocycles. The lowest BCUT2D eigenvalue weighted by Crippen LogP contribution is -2.10. The average Bonchev–Trinajstić information content (AvgIpc) is 3.82. The summed E-state index contributed by atoms with van der Waals surface area (Å²) in [7, 11) is 0. The van der Waals surface area contributed by atoms with Crippen molar-refractivity contribution in [3.05, 3.63) is 285 Å². The topological polar surface area (TPSA) is 11.4 Å². The van der Waals surface area contributed by atoms with Crippen molar-refractivity contribution in [2.75, 3.05) is 9.80 Å². The van der Waals surface area contributed by atoms with Gasteiger partial charge < -0.3 is 14.4 Å². The molecule has 3 heteroatoms. The fraction of sp³-hybridized carbons (Fsp3) is 0. The molecule has 0 aliphatic carbocycles. The Morgan fingerprint density at radius 1 is 0.219 bits per heavy atom. The molecule has 0 N–H and O–H groups in total. The van der Waals surface area contributed by atoms with Gasteiger partial charge in [0.25, 0.3) is 0 Å². The van der Waals surface area contributed by atoms with Gasteiger partial charge in [0.15, 0.2) is 0 Å². The highest BCUT2D eigenvalue weighted by molar-refractivity contribution is 6.33. The molecule has 0 saturated carbocycles. The summed E-state index contributed by atoms with van der Waals surface area (Å²) in [5.41, 5.74) is 17.2. The Morgan fingerprint density at radius 2 is 0.616 bits per heavy atom. The first kappa shape index (κ1) is 42.2. The van der Waals surface area contributed by atoms with E-state index < -0.39 is 0 Å². The van der Waals surface area contributed by atoms with Crippen molar-refractivity contribution < 1.29 is 0 Å². The summed E-state index contributed by atoms with van der Waals surface area (Å²) in [5.74, 6) is 0. The smallest absolute Gasteiger partial charge is 0.0553 e. The molecule has 0 radical (unpaired) electrons. The van der Waals surface area contributed by atoms with Gasteiger partial charge in [0.05, 0.1) is 11.0 Å². The van der Waals surface area contributed by atoms with Gasteiger partial charge in [-0.25, -0.2) is 0 Å². The van der Waals surface area contributed by atoms with E-state index in [9.17, 15) is 0 Å². The average molecular weight is 930 g/mol.